The maximum atomic E-state index is 14.1. The zero-order chi connectivity index (χ0) is 34.8. The number of nitrogens with one attached hydrogen (secondary N) is 4. The van der Waals surface area contributed by atoms with E-state index in [1.807, 2.05) is 54.6 Å². The summed E-state index contributed by atoms with van der Waals surface area (Å²) in [5.41, 5.74) is 2.29. The van der Waals surface area contributed by atoms with Crippen LogP contribution in [0.15, 0.2) is 67.3 Å². The Labute approximate surface area is 281 Å². The van der Waals surface area contributed by atoms with E-state index in [2.05, 4.69) is 27.8 Å². The predicted octanol–water partition coefficient (Wildman–Crippen LogP) is 2.35. The van der Waals surface area contributed by atoms with Gasteiger partial charge in [0.2, 0.25) is 23.5 Å². The Morgan fingerprint density at radius 1 is 0.938 bits per heavy atom. The fraction of sp³-hybridized carbons (Fsp3) is 0.444. The molecule has 0 bridgehead atoms. The minimum absolute atomic E-state index is 0.0397. The van der Waals surface area contributed by atoms with E-state index < -0.39 is 65.8 Å². The van der Waals surface area contributed by atoms with Crippen LogP contribution in [0.3, 0.4) is 0 Å². The van der Waals surface area contributed by atoms with Gasteiger partial charge >= 0.3 is 6.09 Å². The van der Waals surface area contributed by atoms with Crippen molar-refractivity contribution in [2.24, 2.45) is 5.92 Å². The van der Waals surface area contributed by atoms with Crippen molar-refractivity contribution in [1.82, 2.24) is 26.2 Å². The average molecular weight is 660 g/mol. The number of likely N-dealkylation sites (tertiary alicyclic amines) is 1. The van der Waals surface area contributed by atoms with Crippen LogP contribution in [0.25, 0.3) is 0 Å². The molecule has 2 aromatic carbocycles. The van der Waals surface area contributed by atoms with E-state index >= 15 is 0 Å². The number of alkyl carbamates (subject to hydrolysis) is 1. The van der Waals surface area contributed by atoms with Crippen molar-refractivity contribution >= 4 is 35.5 Å². The highest BCUT2D eigenvalue weighted by molar-refractivity contribution is 6.38. The van der Waals surface area contributed by atoms with Crippen molar-refractivity contribution in [3.05, 3.63) is 83.9 Å². The number of carbonyl (C=O) groups excluding carboxylic acids is 6. The molecule has 1 fully saturated rings. The number of hydrogen-bond acceptors (Lipinski definition) is 7. The molecule has 4 rings (SSSR count). The first-order valence-corrected chi connectivity index (χ1v) is 16.3. The minimum atomic E-state index is -1.25. The van der Waals surface area contributed by atoms with Crippen LogP contribution in [0.5, 0.6) is 0 Å². The summed E-state index contributed by atoms with van der Waals surface area (Å²) in [5.74, 6) is -3.72. The lowest BCUT2D eigenvalue weighted by Gasteiger charge is -2.32. The maximum absolute atomic E-state index is 14.1. The van der Waals surface area contributed by atoms with Crippen molar-refractivity contribution in [2.75, 3.05) is 13.1 Å². The van der Waals surface area contributed by atoms with Gasteiger partial charge in [0.25, 0.3) is 5.91 Å². The van der Waals surface area contributed by atoms with Crippen LogP contribution in [0, 0.1) is 5.92 Å². The highest BCUT2D eigenvalue weighted by Crippen LogP contribution is 2.31. The topological polar surface area (TPSA) is 163 Å². The van der Waals surface area contributed by atoms with Crippen LogP contribution in [0.4, 0.5) is 4.79 Å². The highest BCUT2D eigenvalue weighted by atomic mass is 16.6. The molecular weight excluding hydrogens is 614 g/mol. The molecule has 1 heterocycles. The molecule has 1 aliphatic heterocycles. The number of ether oxygens (including phenoxy) is 1. The van der Waals surface area contributed by atoms with Crippen LogP contribution in [-0.4, -0.2) is 77.2 Å². The molecular formula is C36H45N5O7. The number of ketones is 1. The standard InChI is InChI=1S/C36H45N5O7/c1-5-12-27(31(43)33(45)38-22-29(42)37-21-23-13-7-6-8-14-23)39-32(44)28-17-11-18-41(28)34(46)30(40-35(47)48-36(2,3)4)26-19-24-15-9-10-16-25(24)20-26/h5-10,13-16,26-28,30H,1,11-12,17-22H2,2-4H3,(H,37,42)(H,38,45)(H,39,44)(H,40,47)/t27?,28-,30-/m0/s1. The number of benzene rings is 2. The van der Waals surface area contributed by atoms with E-state index in [0.717, 1.165) is 16.7 Å². The van der Waals surface area contributed by atoms with Crippen LogP contribution in [-0.2, 0) is 48.1 Å². The normalized spacial score (nSPS) is 17.0. The summed E-state index contributed by atoms with van der Waals surface area (Å²) < 4.78 is 5.48. The zero-order valence-corrected chi connectivity index (χ0v) is 27.8. The van der Waals surface area contributed by atoms with E-state index in [9.17, 15) is 28.8 Å². The third kappa shape index (κ3) is 9.76. The summed E-state index contributed by atoms with van der Waals surface area (Å²) >= 11 is 0. The molecule has 48 heavy (non-hydrogen) atoms. The average Bonchev–Trinajstić information content (AvgIpc) is 3.72. The van der Waals surface area contributed by atoms with E-state index in [4.69, 9.17) is 4.74 Å². The lowest BCUT2D eigenvalue weighted by Crippen LogP contribution is -2.58. The molecule has 0 spiro atoms. The molecule has 12 nitrogen and oxygen atoms in total. The molecule has 0 radical (unpaired) electrons. The van der Waals surface area contributed by atoms with Crippen molar-refractivity contribution in [3.8, 4) is 0 Å². The number of carbonyl (C=O) groups is 6. The molecule has 256 valence electrons. The minimum Gasteiger partial charge on any atom is -0.444 e. The summed E-state index contributed by atoms with van der Waals surface area (Å²) in [5, 5.41) is 10.4. The van der Waals surface area contributed by atoms with E-state index in [0.29, 0.717) is 25.7 Å². The summed E-state index contributed by atoms with van der Waals surface area (Å²) in [4.78, 5) is 80.1. The van der Waals surface area contributed by atoms with Crippen molar-refractivity contribution in [1.29, 1.82) is 0 Å². The third-order valence-corrected chi connectivity index (χ3v) is 8.33. The Balaban J connectivity index is 1.39. The van der Waals surface area contributed by atoms with Gasteiger partial charge in [0.1, 0.15) is 23.7 Å². The number of nitrogens with zero attached hydrogens (tertiary/aromatic N) is 1. The molecule has 2 aromatic rings. The van der Waals surface area contributed by atoms with E-state index in [-0.39, 0.29) is 25.4 Å². The van der Waals surface area contributed by atoms with Gasteiger partial charge in [-0.1, -0.05) is 60.7 Å². The summed E-state index contributed by atoms with van der Waals surface area (Å²) in [6.07, 6.45) is 2.65. The lowest BCUT2D eigenvalue weighted by atomic mass is 9.95. The first kappa shape index (κ1) is 35.8. The van der Waals surface area contributed by atoms with Gasteiger partial charge in [0.05, 0.1) is 6.54 Å². The van der Waals surface area contributed by atoms with Crippen molar-refractivity contribution in [2.45, 2.75) is 83.1 Å². The Morgan fingerprint density at radius 3 is 2.21 bits per heavy atom. The molecule has 4 N–H and O–H groups in total. The molecule has 1 saturated heterocycles. The zero-order valence-electron chi connectivity index (χ0n) is 27.8. The molecule has 3 atom stereocenters. The second-order valence-corrected chi connectivity index (χ2v) is 13.1. The monoisotopic (exact) mass is 659 g/mol. The molecule has 5 amide bonds. The number of Topliss-reactive ketones (excluding diaryl/α,β-unsaturated/α-hetero) is 1. The van der Waals surface area contributed by atoms with Crippen molar-refractivity contribution in [3.63, 3.8) is 0 Å². The van der Waals surface area contributed by atoms with Crippen LogP contribution >= 0.6 is 0 Å². The SMILES string of the molecule is C=CCC(NC(=O)[C@@H]1CCCN1C(=O)[C@@H](NC(=O)OC(C)(C)C)C1Cc2ccccc2C1)C(=O)C(=O)NCC(=O)NCc1ccccc1. The van der Waals surface area contributed by atoms with Gasteiger partial charge in [0.15, 0.2) is 0 Å². The van der Waals surface area contributed by atoms with E-state index in [1.54, 1.807) is 20.8 Å². The molecule has 0 aromatic heterocycles. The Bertz CT molecular complexity index is 1500. The highest BCUT2D eigenvalue weighted by Gasteiger charge is 2.43. The first-order chi connectivity index (χ1) is 22.9. The largest absolute Gasteiger partial charge is 0.444 e. The summed E-state index contributed by atoms with van der Waals surface area (Å²) in [6.45, 7) is 8.96. The number of hydrogen-bond donors (Lipinski definition) is 4. The Kier molecular flexibility index (Phi) is 12.1. The molecule has 0 saturated carbocycles. The Hall–Kier alpha value is -5.00. The van der Waals surface area contributed by atoms with Gasteiger partial charge in [-0.25, -0.2) is 4.79 Å². The van der Waals surface area contributed by atoms with Gasteiger partial charge in [-0.3, -0.25) is 24.0 Å². The van der Waals surface area contributed by atoms with Crippen LogP contribution in [0.1, 0.15) is 56.7 Å². The van der Waals surface area contributed by atoms with Gasteiger partial charge in [-0.15, -0.1) is 6.58 Å². The van der Waals surface area contributed by atoms with Gasteiger partial charge in [-0.2, -0.15) is 0 Å². The quantitative estimate of drug-likeness (QED) is 0.190. The van der Waals surface area contributed by atoms with E-state index in [1.165, 1.54) is 11.0 Å². The molecule has 12 heteroatoms. The fourth-order valence-electron chi connectivity index (χ4n) is 6.06. The Morgan fingerprint density at radius 2 is 1.58 bits per heavy atom. The van der Waals surface area contributed by atoms with Crippen LogP contribution in [0.2, 0.25) is 0 Å². The smallest absolute Gasteiger partial charge is 0.408 e. The lowest BCUT2D eigenvalue weighted by molar-refractivity contribution is -0.143. The number of fused-ring (bicyclic) bond motifs is 1. The molecule has 2 aliphatic rings. The van der Waals surface area contributed by atoms with Gasteiger partial charge in [-0.05, 0) is 75.5 Å². The first-order valence-electron chi connectivity index (χ1n) is 16.3. The number of amides is 5. The van der Waals surface area contributed by atoms with Crippen LogP contribution < -0.4 is 21.3 Å². The van der Waals surface area contributed by atoms with Gasteiger partial charge < -0.3 is 30.9 Å². The third-order valence-electron chi connectivity index (χ3n) is 8.33. The summed E-state index contributed by atoms with van der Waals surface area (Å²) in [7, 11) is 0. The molecule has 1 unspecified atom stereocenters. The fourth-order valence-corrected chi connectivity index (χ4v) is 6.06. The predicted molar refractivity (Wildman–Crippen MR) is 178 cm³/mol. The second-order valence-electron chi connectivity index (χ2n) is 13.1. The maximum Gasteiger partial charge on any atom is 0.408 e. The summed E-state index contributed by atoms with van der Waals surface area (Å²) in [6, 6.07) is 14.0. The second kappa shape index (κ2) is 16.2. The number of rotatable bonds is 13. The molecule has 1 aliphatic carbocycles. The van der Waals surface area contributed by atoms with Gasteiger partial charge in [0, 0.05) is 13.1 Å². The van der Waals surface area contributed by atoms with Crippen molar-refractivity contribution < 1.29 is 33.5 Å².